The van der Waals surface area contributed by atoms with E-state index < -0.39 is 24.2 Å². The van der Waals surface area contributed by atoms with Gasteiger partial charge in [0.05, 0.1) is 6.54 Å². The van der Waals surface area contributed by atoms with Gasteiger partial charge in [0.25, 0.3) is 0 Å². The van der Waals surface area contributed by atoms with Crippen LogP contribution in [0, 0.1) is 0 Å². The third kappa shape index (κ3) is 5.47. The third-order valence-corrected chi connectivity index (χ3v) is 3.09. The average Bonchev–Trinajstić information content (AvgIpc) is 2.42. The van der Waals surface area contributed by atoms with Crippen LogP contribution in [0.3, 0.4) is 0 Å². The minimum absolute atomic E-state index is 0. The number of carbonyl (C=O) groups excluding carboxylic acids is 1. The Hall–Kier alpha value is -1.31. The maximum atomic E-state index is 13.1. The van der Waals surface area contributed by atoms with Crippen LogP contribution in [0.1, 0.15) is 25.3 Å². The van der Waals surface area contributed by atoms with Gasteiger partial charge in [-0.1, -0.05) is 30.3 Å². The van der Waals surface area contributed by atoms with Gasteiger partial charge in [-0.05, 0) is 18.9 Å². The monoisotopic (exact) mass is 340 g/mol. The number of halogens is 4. The Morgan fingerprint density at radius 1 is 1.32 bits per heavy atom. The molecule has 4 N–H and O–H groups in total. The molecule has 0 bridgehead atoms. The van der Waals surface area contributed by atoms with Crippen LogP contribution in [0.5, 0.6) is 0 Å². The predicted octanol–water partition coefficient (Wildman–Crippen LogP) is 2.10. The maximum absolute atomic E-state index is 13.1. The molecular formula is C14H20ClF3N2O2. The number of amides is 1. The second kappa shape index (κ2) is 8.36. The molecule has 0 spiro atoms. The summed E-state index contributed by atoms with van der Waals surface area (Å²) < 4.78 is 39.4. The zero-order valence-corrected chi connectivity index (χ0v) is 12.9. The third-order valence-electron chi connectivity index (χ3n) is 3.09. The van der Waals surface area contributed by atoms with Crippen LogP contribution in [0.25, 0.3) is 0 Å². The Bertz CT molecular complexity index is 469. The molecule has 4 nitrogen and oxygen atoms in total. The van der Waals surface area contributed by atoms with E-state index in [-0.39, 0.29) is 30.4 Å². The highest BCUT2D eigenvalue weighted by molar-refractivity contribution is 5.85. The van der Waals surface area contributed by atoms with Crippen molar-refractivity contribution in [2.24, 2.45) is 5.73 Å². The molecule has 0 fully saturated rings. The van der Waals surface area contributed by atoms with Crippen LogP contribution in [0.15, 0.2) is 30.3 Å². The van der Waals surface area contributed by atoms with Gasteiger partial charge in [-0.15, -0.1) is 12.4 Å². The lowest BCUT2D eigenvalue weighted by molar-refractivity contribution is -0.264. The van der Waals surface area contributed by atoms with Crippen LogP contribution in [-0.2, 0) is 10.4 Å². The molecule has 1 amide bonds. The van der Waals surface area contributed by atoms with E-state index in [9.17, 15) is 23.1 Å². The van der Waals surface area contributed by atoms with E-state index in [0.29, 0.717) is 6.42 Å². The zero-order chi connectivity index (χ0) is 16.1. The zero-order valence-electron chi connectivity index (χ0n) is 12.1. The van der Waals surface area contributed by atoms with E-state index in [0.717, 1.165) is 0 Å². The Labute approximate surface area is 133 Å². The fourth-order valence-electron chi connectivity index (χ4n) is 1.75. The quantitative estimate of drug-likeness (QED) is 0.742. The first-order valence-electron chi connectivity index (χ1n) is 6.53. The first-order chi connectivity index (χ1) is 9.67. The summed E-state index contributed by atoms with van der Waals surface area (Å²) in [6.45, 7) is 0.765. The summed E-state index contributed by atoms with van der Waals surface area (Å²) in [5, 5.41) is 12.1. The van der Waals surface area contributed by atoms with E-state index >= 15 is 0 Å². The number of rotatable bonds is 6. The summed E-state index contributed by atoms with van der Waals surface area (Å²) in [6, 6.07) is 6.45. The van der Waals surface area contributed by atoms with Gasteiger partial charge in [-0.25, -0.2) is 0 Å². The fourth-order valence-corrected chi connectivity index (χ4v) is 1.75. The van der Waals surface area contributed by atoms with E-state index in [1.54, 1.807) is 13.0 Å². The van der Waals surface area contributed by atoms with Crippen molar-refractivity contribution in [1.82, 2.24) is 5.32 Å². The van der Waals surface area contributed by atoms with Gasteiger partial charge in [0.2, 0.25) is 11.5 Å². The SMILES string of the molecule is CC(N)CCC(=O)NCC(O)(c1ccccc1)C(F)(F)F.Cl. The number of hydrogen-bond acceptors (Lipinski definition) is 3. The highest BCUT2D eigenvalue weighted by Crippen LogP contribution is 2.38. The molecule has 0 aliphatic rings. The van der Waals surface area contributed by atoms with Gasteiger partial charge in [0.1, 0.15) is 0 Å². The van der Waals surface area contributed by atoms with Crippen molar-refractivity contribution in [2.75, 3.05) is 6.54 Å². The van der Waals surface area contributed by atoms with Crippen molar-refractivity contribution in [3.8, 4) is 0 Å². The van der Waals surface area contributed by atoms with E-state index in [1.165, 1.54) is 24.3 Å². The smallest absolute Gasteiger partial charge is 0.375 e. The number of alkyl halides is 3. The van der Waals surface area contributed by atoms with Gasteiger partial charge in [0.15, 0.2) is 0 Å². The Morgan fingerprint density at radius 3 is 2.32 bits per heavy atom. The Morgan fingerprint density at radius 2 is 1.86 bits per heavy atom. The van der Waals surface area contributed by atoms with Crippen molar-refractivity contribution in [3.63, 3.8) is 0 Å². The van der Waals surface area contributed by atoms with Gasteiger partial charge >= 0.3 is 6.18 Å². The first kappa shape index (κ1) is 20.7. The van der Waals surface area contributed by atoms with Crippen molar-refractivity contribution in [1.29, 1.82) is 0 Å². The molecule has 0 aromatic heterocycles. The summed E-state index contributed by atoms with van der Waals surface area (Å²) >= 11 is 0. The highest BCUT2D eigenvalue weighted by Gasteiger charge is 2.55. The fraction of sp³-hybridized carbons (Fsp3) is 0.500. The summed E-state index contributed by atoms with van der Waals surface area (Å²) in [4.78, 5) is 11.5. The molecule has 0 aliphatic heterocycles. The summed E-state index contributed by atoms with van der Waals surface area (Å²) in [5.41, 5.74) is 2.05. The molecule has 0 radical (unpaired) electrons. The number of hydrogen-bond donors (Lipinski definition) is 3. The van der Waals surface area contributed by atoms with Crippen molar-refractivity contribution in [3.05, 3.63) is 35.9 Å². The van der Waals surface area contributed by atoms with Crippen LogP contribution in [0.2, 0.25) is 0 Å². The maximum Gasteiger partial charge on any atom is 0.423 e. The van der Waals surface area contributed by atoms with E-state index in [1.807, 2.05) is 0 Å². The minimum Gasteiger partial charge on any atom is -0.375 e. The minimum atomic E-state index is -4.90. The molecule has 2 atom stereocenters. The van der Waals surface area contributed by atoms with E-state index in [2.05, 4.69) is 5.32 Å². The molecule has 0 saturated carbocycles. The van der Waals surface area contributed by atoms with Crippen LogP contribution < -0.4 is 11.1 Å². The van der Waals surface area contributed by atoms with Crippen LogP contribution in [-0.4, -0.2) is 29.8 Å². The molecule has 1 aromatic carbocycles. The lowest BCUT2D eigenvalue weighted by Crippen LogP contribution is -2.51. The standard InChI is InChI=1S/C14H19F3N2O2.ClH/c1-10(18)7-8-12(20)19-9-13(21,14(15,16)17)11-5-3-2-4-6-11;/h2-6,10,21H,7-9,18H2,1H3,(H,19,20);1H. The number of carbonyl (C=O) groups is 1. The summed E-state index contributed by atoms with van der Waals surface area (Å²) in [6.07, 6.45) is -4.52. The molecule has 126 valence electrons. The lowest BCUT2D eigenvalue weighted by atomic mass is 9.93. The highest BCUT2D eigenvalue weighted by atomic mass is 35.5. The number of nitrogens with two attached hydrogens (primary N) is 1. The van der Waals surface area contributed by atoms with Gasteiger partial charge in [0, 0.05) is 12.5 Å². The summed E-state index contributed by atoms with van der Waals surface area (Å²) in [5.74, 6) is -0.578. The molecule has 8 heteroatoms. The van der Waals surface area contributed by atoms with Gasteiger partial charge in [-0.3, -0.25) is 4.79 Å². The second-order valence-electron chi connectivity index (χ2n) is 5.02. The number of aliphatic hydroxyl groups is 1. The Kier molecular flexibility index (Phi) is 7.86. The molecule has 0 saturated heterocycles. The molecule has 0 aliphatic carbocycles. The topological polar surface area (TPSA) is 75.4 Å². The molecule has 22 heavy (non-hydrogen) atoms. The number of benzene rings is 1. The number of nitrogens with one attached hydrogen (secondary N) is 1. The van der Waals surface area contributed by atoms with Gasteiger partial charge in [-0.2, -0.15) is 13.2 Å². The molecule has 1 rings (SSSR count). The first-order valence-corrected chi connectivity index (χ1v) is 6.53. The van der Waals surface area contributed by atoms with Crippen molar-refractivity contribution >= 4 is 18.3 Å². The molecular weight excluding hydrogens is 321 g/mol. The average molecular weight is 341 g/mol. The predicted molar refractivity (Wildman–Crippen MR) is 79.5 cm³/mol. The molecule has 2 unspecified atom stereocenters. The Balaban J connectivity index is 0.00000441. The van der Waals surface area contributed by atoms with Gasteiger partial charge < -0.3 is 16.2 Å². The van der Waals surface area contributed by atoms with Crippen LogP contribution in [0.4, 0.5) is 13.2 Å². The van der Waals surface area contributed by atoms with Crippen LogP contribution >= 0.6 is 12.4 Å². The molecule has 1 aromatic rings. The van der Waals surface area contributed by atoms with E-state index in [4.69, 9.17) is 5.73 Å². The largest absolute Gasteiger partial charge is 0.423 e. The summed E-state index contributed by atoms with van der Waals surface area (Å²) in [7, 11) is 0. The van der Waals surface area contributed by atoms with Crippen molar-refractivity contribution < 1.29 is 23.1 Å². The van der Waals surface area contributed by atoms with Crippen molar-refractivity contribution in [2.45, 2.75) is 37.6 Å². The lowest BCUT2D eigenvalue weighted by Gasteiger charge is -2.31. The second-order valence-corrected chi connectivity index (χ2v) is 5.02. The molecule has 0 heterocycles. The normalized spacial score (nSPS) is 15.4.